The summed E-state index contributed by atoms with van der Waals surface area (Å²) < 4.78 is 2.02. The molecule has 3 heterocycles. The van der Waals surface area contributed by atoms with Crippen LogP contribution in [0.5, 0.6) is 0 Å². The van der Waals surface area contributed by atoms with Gasteiger partial charge in [-0.05, 0) is 48.6 Å². The summed E-state index contributed by atoms with van der Waals surface area (Å²) in [7, 11) is 1.95. The average Bonchev–Trinajstić information content (AvgIpc) is 3.27. The van der Waals surface area contributed by atoms with Crippen LogP contribution in [0.3, 0.4) is 0 Å². The predicted octanol–water partition coefficient (Wildman–Crippen LogP) is 3.38. The Hall–Kier alpha value is -3.26. The number of benzene rings is 1. The fourth-order valence-corrected chi connectivity index (χ4v) is 3.67. The predicted molar refractivity (Wildman–Crippen MR) is 106 cm³/mol. The van der Waals surface area contributed by atoms with Crippen LogP contribution >= 0.6 is 12.2 Å². The van der Waals surface area contributed by atoms with Gasteiger partial charge in [0.25, 0.3) is 5.69 Å². The van der Waals surface area contributed by atoms with E-state index in [0.717, 1.165) is 17.1 Å². The van der Waals surface area contributed by atoms with Crippen LogP contribution in [0.2, 0.25) is 0 Å². The highest BCUT2D eigenvalue weighted by Crippen LogP contribution is 2.38. The molecule has 0 bridgehead atoms. The first-order chi connectivity index (χ1) is 13.1. The summed E-state index contributed by atoms with van der Waals surface area (Å²) >= 11 is 5.48. The number of nitro benzene ring substituents is 1. The first-order valence-corrected chi connectivity index (χ1v) is 8.83. The van der Waals surface area contributed by atoms with Crippen molar-refractivity contribution in [2.75, 3.05) is 7.05 Å². The lowest BCUT2D eigenvalue weighted by atomic mass is 10.0. The van der Waals surface area contributed by atoms with E-state index in [9.17, 15) is 10.1 Å². The van der Waals surface area contributed by atoms with E-state index < -0.39 is 4.92 Å². The van der Waals surface area contributed by atoms with E-state index >= 15 is 0 Å². The number of hydrogen-bond acceptors (Lipinski definition) is 4. The van der Waals surface area contributed by atoms with E-state index in [4.69, 9.17) is 12.2 Å². The molecular weight excluding hydrogens is 362 g/mol. The Bertz CT molecular complexity index is 987. The van der Waals surface area contributed by atoms with Gasteiger partial charge in [-0.3, -0.25) is 15.1 Å². The fourth-order valence-electron chi connectivity index (χ4n) is 3.43. The van der Waals surface area contributed by atoms with Crippen LogP contribution in [0.1, 0.15) is 23.5 Å². The Kier molecular flexibility index (Phi) is 4.33. The molecule has 1 aliphatic heterocycles. The first-order valence-electron chi connectivity index (χ1n) is 8.42. The number of likely N-dealkylation sites (N-methyl/N-ethyl adjacent to an activating group) is 1. The smallest absolute Gasteiger partial charge is 0.269 e. The zero-order valence-electron chi connectivity index (χ0n) is 14.5. The van der Waals surface area contributed by atoms with Crippen molar-refractivity contribution >= 4 is 23.0 Å². The van der Waals surface area contributed by atoms with Crippen molar-refractivity contribution in [3.63, 3.8) is 0 Å². The molecule has 1 aliphatic rings. The maximum atomic E-state index is 10.9. The molecule has 0 amide bonds. The Balaban J connectivity index is 1.75. The van der Waals surface area contributed by atoms with Crippen LogP contribution in [0.25, 0.3) is 5.69 Å². The molecule has 1 fully saturated rings. The largest absolute Gasteiger partial charge is 0.352 e. The number of hydrogen-bond donors (Lipinski definition) is 1. The second kappa shape index (κ2) is 6.81. The summed E-state index contributed by atoms with van der Waals surface area (Å²) in [6.45, 7) is 0. The molecule has 0 saturated carbocycles. The number of pyridine rings is 1. The molecule has 27 heavy (non-hydrogen) atoms. The average molecular weight is 379 g/mol. The quantitative estimate of drug-likeness (QED) is 0.425. The lowest BCUT2D eigenvalue weighted by Gasteiger charge is -2.25. The van der Waals surface area contributed by atoms with Gasteiger partial charge in [0.1, 0.15) is 0 Å². The Morgan fingerprint density at radius 1 is 1.15 bits per heavy atom. The number of rotatable bonds is 4. The topological polar surface area (TPSA) is 76.2 Å². The minimum absolute atomic E-state index is 0.0578. The molecule has 2 unspecified atom stereocenters. The van der Waals surface area contributed by atoms with Crippen LogP contribution in [0.4, 0.5) is 5.69 Å². The summed E-state index contributed by atoms with van der Waals surface area (Å²) in [5, 5.41) is 14.9. The highest BCUT2D eigenvalue weighted by Gasteiger charge is 2.39. The van der Waals surface area contributed by atoms with E-state index in [1.807, 2.05) is 53.0 Å². The second-order valence-corrected chi connectivity index (χ2v) is 6.70. The normalized spacial score (nSPS) is 19.1. The number of thiocarbonyl (C=S) groups is 1. The van der Waals surface area contributed by atoms with Crippen molar-refractivity contribution < 1.29 is 4.92 Å². The van der Waals surface area contributed by atoms with Crippen molar-refractivity contribution in [1.82, 2.24) is 19.8 Å². The molecule has 2 atom stereocenters. The third-order valence-corrected chi connectivity index (χ3v) is 5.17. The highest BCUT2D eigenvalue weighted by molar-refractivity contribution is 7.80. The van der Waals surface area contributed by atoms with E-state index in [1.54, 1.807) is 18.3 Å². The minimum atomic E-state index is -0.398. The third kappa shape index (κ3) is 3.04. The molecule has 1 aromatic carbocycles. The van der Waals surface area contributed by atoms with Crippen LogP contribution in [-0.4, -0.2) is 31.5 Å². The van der Waals surface area contributed by atoms with Crippen molar-refractivity contribution in [3.05, 3.63) is 88.5 Å². The molecule has 1 saturated heterocycles. The van der Waals surface area contributed by atoms with Crippen molar-refractivity contribution in [1.29, 1.82) is 0 Å². The Morgan fingerprint density at radius 2 is 1.93 bits per heavy atom. The fraction of sp³-hybridized carbons (Fsp3) is 0.158. The van der Waals surface area contributed by atoms with Gasteiger partial charge in [0.05, 0.1) is 22.7 Å². The Morgan fingerprint density at radius 3 is 2.59 bits per heavy atom. The highest BCUT2D eigenvalue weighted by atomic mass is 32.1. The summed E-state index contributed by atoms with van der Waals surface area (Å²) in [4.78, 5) is 17.0. The molecular formula is C19H17N5O2S. The number of nitrogens with one attached hydrogen (secondary N) is 1. The van der Waals surface area contributed by atoms with E-state index in [-0.39, 0.29) is 17.8 Å². The molecule has 2 aromatic heterocycles. The number of nitrogens with zero attached hydrogens (tertiary/aromatic N) is 4. The summed E-state index contributed by atoms with van der Waals surface area (Å²) in [6.07, 6.45) is 3.71. The summed E-state index contributed by atoms with van der Waals surface area (Å²) in [5.74, 6) is 0. The third-order valence-electron chi connectivity index (χ3n) is 4.76. The maximum absolute atomic E-state index is 10.9. The molecule has 3 aromatic rings. The van der Waals surface area contributed by atoms with Crippen molar-refractivity contribution in [2.45, 2.75) is 12.1 Å². The van der Waals surface area contributed by atoms with Crippen molar-refractivity contribution in [2.24, 2.45) is 0 Å². The lowest BCUT2D eigenvalue weighted by Crippen LogP contribution is -2.25. The lowest BCUT2D eigenvalue weighted by molar-refractivity contribution is -0.384. The monoisotopic (exact) mass is 379 g/mol. The van der Waals surface area contributed by atoms with Gasteiger partial charge in [-0.2, -0.15) is 0 Å². The summed E-state index contributed by atoms with van der Waals surface area (Å²) in [5.41, 5.74) is 2.85. The minimum Gasteiger partial charge on any atom is -0.352 e. The van der Waals surface area contributed by atoms with E-state index in [1.165, 1.54) is 12.1 Å². The van der Waals surface area contributed by atoms with Gasteiger partial charge in [-0.1, -0.05) is 6.07 Å². The number of non-ortho nitro benzene ring substituents is 1. The zero-order chi connectivity index (χ0) is 19.0. The molecule has 136 valence electrons. The van der Waals surface area contributed by atoms with Gasteiger partial charge < -0.3 is 14.8 Å². The Labute approximate surface area is 161 Å². The van der Waals surface area contributed by atoms with Gasteiger partial charge in [-0.15, -0.1) is 0 Å². The van der Waals surface area contributed by atoms with Gasteiger partial charge in [0, 0.05) is 43.0 Å². The summed E-state index contributed by atoms with van der Waals surface area (Å²) in [6, 6.07) is 16.2. The molecule has 0 radical (unpaired) electrons. The van der Waals surface area contributed by atoms with E-state index in [0.29, 0.717) is 5.11 Å². The maximum Gasteiger partial charge on any atom is 0.269 e. The van der Waals surface area contributed by atoms with E-state index in [2.05, 4.69) is 10.3 Å². The van der Waals surface area contributed by atoms with Gasteiger partial charge in [0.2, 0.25) is 0 Å². The first kappa shape index (κ1) is 17.2. The van der Waals surface area contributed by atoms with Gasteiger partial charge in [0.15, 0.2) is 5.11 Å². The molecule has 1 N–H and O–H groups in total. The van der Waals surface area contributed by atoms with Crippen LogP contribution < -0.4 is 5.32 Å². The molecule has 0 aliphatic carbocycles. The number of aromatic nitrogens is 2. The molecule has 8 heteroatoms. The molecule has 4 rings (SSSR count). The number of nitro groups is 1. The molecule has 0 spiro atoms. The van der Waals surface area contributed by atoms with Crippen LogP contribution in [0, 0.1) is 10.1 Å². The second-order valence-electron chi connectivity index (χ2n) is 6.31. The molecule has 7 nitrogen and oxygen atoms in total. The zero-order valence-corrected chi connectivity index (χ0v) is 15.3. The van der Waals surface area contributed by atoms with Crippen LogP contribution in [-0.2, 0) is 0 Å². The SMILES string of the molecule is CN1C(=S)NC(c2ccccn2)C1c1cccn1-c1ccc([N+](=O)[O-])cc1. The standard InChI is InChI=1S/C19H17N5O2S/c1-22-18(17(21-19(22)27)15-5-2-3-11-20-15)16-6-4-12-23(16)13-7-9-14(10-8-13)24(25)26/h2-12,17-18H,1H3,(H,21,27). The van der Waals surface area contributed by atoms with Gasteiger partial charge >= 0.3 is 0 Å². The van der Waals surface area contributed by atoms with Gasteiger partial charge in [-0.25, -0.2) is 0 Å². The van der Waals surface area contributed by atoms with Crippen molar-refractivity contribution in [3.8, 4) is 5.69 Å². The van der Waals surface area contributed by atoms with Crippen LogP contribution in [0.15, 0.2) is 67.0 Å².